The number of anilines is 1. The second-order valence-electron chi connectivity index (χ2n) is 4.13. The van der Waals surface area contributed by atoms with Gasteiger partial charge in [-0.1, -0.05) is 19.1 Å². The van der Waals surface area contributed by atoms with Gasteiger partial charge in [0.25, 0.3) is 0 Å². The normalized spacial score (nSPS) is 10.6. The largest absolute Gasteiger partial charge is 0.380 e. The van der Waals surface area contributed by atoms with E-state index >= 15 is 0 Å². The fraction of sp³-hybridized carbons (Fsp3) is 0.333. The second kappa shape index (κ2) is 6.55. The van der Waals surface area contributed by atoms with Crippen LogP contribution < -0.4 is 5.32 Å². The summed E-state index contributed by atoms with van der Waals surface area (Å²) in [5, 5.41) is 3.52. The molecule has 1 aromatic heterocycles. The van der Waals surface area contributed by atoms with Crippen LogP contribution in [0.3, 0.4) is 0 Å². The van der Waals surface area contributed by atoms with Crippen LogP contribution in [0.2, 0.25) is 0 Å². The first-order chi connectivity index (χ1) is 8.83. The molecule has 0 aliphatic carbocycles. The first-order valence-corrected chi connectivity index (χ1v) is 7.42. The molecule has 0 radical (unpaired) electrons. The van der Waals surface area contributed by atoms with Gasteiger partial charge in [-0.2, -0.15) is 0 Å². The minimum atomic E-state index is 0.883. The van der Waals surface area contributed by atoms with E-state index < -0.39 is 0 Å². The zero-order valence-corrected chi connectivity index (χ0v) is 11.8. The highest BCUT2D eigenvalue weighted by Gasteiger charge is 2.01. The fourth-order valence-electron chi connectivity index (χ4n) is 1.88. The van der Waals surface area contributed by atoms with Gasteiger partial charge >= 0.3 is 0 Å². The number of nitrogens with zero attached hydrogens (tertiary/aromatic N) is 1. The molecule has 0 spiro atoms. The summed E-state index contributed by atoms with van der Waals surface area (Å²) in [7, 11) is 0. The summed E-state index contributed by atoms with van der Waals surface area (Å²) in [5.74, 6) is 1.10. The molecule has 1 aromatic carbocycles. The quantitative estimate of drug-likeness (QED) is 0.783. The molecule has 1 heterocycles. The average Bonchev–Trinajstić information content (AvgIpc) is 2.86. The van der Waals surface area contributed by atoms with Gasteiger partial charge in [-0.05, 0) is 36.4 Å². The maximum Gasteiger partial charge on any atom is 0.0481 e. The highest BCUT2D eigenvalue weighted by molar-refractivity contribution is 7.99. The van der Waals surface area contributed by atoms with Crippen LogP contribution in [0.25, 0.3) is 0 Å². The first kappa shape index (κ1) is 13.1. The predicted octanol–water partition coefficient (Wildman–Crippen LogP) is 4.23. The average molecular weight is 260 g/mol. The number of nitrogens with one attached hydrogen (secondary N) is 1. The molecule has 0 aliphatic rings. The van der Waals surface area contributed by atoms with Gasteiger partial charge in [-0.25, -0.2) is 0 Å². The number of thioether (sulfide) groups is 1. The maximum atomic E-state index is 3.52. The number of hydrogen-bond acceptors (Lipinski definition) is 2. The minimum absolute atomic E-state index is 0.883. The van der Waals surface area contributed by atoms with Crippen molar-refractivity contribution >= 4 is 17.4 Å². The van der Waals surface area contributed by atoms with E-state index in [1.165, 1.54) is 16.1 Å². The molecule has 2 aromatic rings. The van der Waals surface area contributed by atoms with E-state index in [2.05, 4.69) is 66.5 Å². The minimum Gasteiger partial charge on any atom is -0.380 e. The van der Waals surface area contributed by atoms with Gasteiger partial charge in [-0.15, -0.1) is 11.8 Å². The molecule has 2 rings (SSSR count). The van der Waals surface area contributed by atoms with Crippen LogP contribution in [0.4, 0.5) is 5.69 Å². The standard InChI is InChI=1S/C15H20N2S/c1-3-17-10-9-13(12-17)11-16-14-7-5-6-8-15(14)18-4-2/h5-10,12,16H,3-4,11H2,1-2H3. The lowest BCUT2D eigenvalue weighted by Crippen LogP contribution is -2.00. The molecular formula is C15H20N2S. The molecule has 0 saturated carbocycles. The Balaban J connectivity index is 2.01. The smallest absolute Gasteiger partial charge is 0.0481 e. The van der Waals surface area contributed by atoms with Crippen molar-refractivity contribution in [3.05, 3.63) is 48.3 Å². The number of rotatable bonds is 6. The summed E-state index contributed by atoms with van der Waals surface area (Å²) in [4.78, 5) is 1.33. The van der Waals surface area contributed by atoms with Gasteiger partial charge in [0.1, 0.15) is 0 Å². The summed E-state index contributed by atoms with van der Waals surface area (Å²) in [6.07, 6.45) is 4.33. The Bertz CT molecular complexity index is 491. The van der Waals surface area contributed by atoms with Crippen molar-refractivity contribution in [1.29, 1.82) is 0 Å². The number of benzene rings is 1. The zero-order chi connectivity index (χ0) is 12.8. The lowest BCUT2D eigenvalue weighted by molar-refractivity contribution is 0.766. The Hall–Kier alpha value is -1.35. The highest BCUT2D eigenvalue weighted by atomic mass is 32.2. The summed E-state index contributed by atoms with van der Waals surface area (Å²) in [6, 6.07) is 10.7. The molecule has 0 bridgehead atoms. The number of hydrogen-bond donors (Lipinski definition) is 1. The van der Waals surface area contributed by atoms with Crippen LogP contribution in [-0.2, 0) is 13.1 Å². The van der Waals surface area contributed by atoms with E-state index in [1.54, 1.807) is 0 Å². The van der Waals surface area contributed by atoms with E-state index in [-0.39, 0.29) is 0 Å². The Morgan fingerprint density at radius 3 is 2.72 bits per heavy atom. The van der Waals surface area contributed by atoms with Crippen molar-refractivity contribution in [2.24, 2.45) is 0 Å². The monoisotopic (exact) mass is 260 g/mol. The van der Waals surface area contributed by atoms with Crippen molar-refractivity contribution in [1.82, 2.24) is 4.57 Å². The van der Waals surface area contributed by atoms with Crippen molar-refractivity contribution < 1.29 is 0 Å². The third-order valence-electron chi connectivity index (χ3n) is 2.85. The van der Waals surface area contributed by atoms with Crippen molar-refractivity contribution in [2.45, 2.75) is 31.8 Å². The lowest BCUT2D eigenvalue weighted by Gasteiger charge is -2.10. The van der Waals surface area contributed by atoms with Crippen LogP contribution in [0.5, 0.6) is 0 Å². The molecule has 0 amide bonds. The topological polar surface area (TPSA) is 17.0 Å². The van der Waals surface area contributed by atoms with Crippen molar-refractivity contribution in [2.75, 3.05) is 11.1 Å². The third-order valence-corrected chi connectivity index (χ3v) is 3.80. The number of para-hydroxylation sites is 1. The maximum absolute atomic E-state index is 3.52. The van der Waals surface area contributed by atoms with E-state index in [4.69, 9.17) is 0 Å². The Labute approximate surface area is 113 Å². The molecule has 3 heteroatoms. The van der Waals surface area contributed by atoms with Crippen LogP contribution >= 0.6 is 11.8 Å². The number of aromatic nitrogens is 1. The molecule has 96 valence electrons. The molecule has 0 atom stereocenters. The summed E-state index contributed by atoms with van der Waals surface area (Å²) in [5.41, 5.74) is 2.56. The Morgan fingerprint density at radius 2 is 2.00 bits per heavy atom. The van der Waals surface area contributed by atoms with Gasteiger partial charge in [0.2, 0.25) is 0 Å². The van der Waals surface area contributed by atoms with E-state index in [9.17, 15) is 0 Å². The van der Waals surface area contributed by atoms with Crippen LogP contribution in [-0.4, -0.2) is 10.3 Å². The summed E-state index contributed by atoms with van der Waals surface area (Å²) < 4.78 is 2.20. The lowest BCUT2D eigenvalue weighted by atomic mass is 10.3. The van der Waals surface area contributed by atoms with Gasteiger partial charge in [-0.3, -0.25) is 0 Å². The van der Waals surface area contributed by atoms with Crippen molar-refractivity contribution in [3.63, 3.8) is 0 Å². The Kier molecular flexibility index (Phi) is 4.76. The molecule has 0 unspecified atom stereocenters. The molecule has 18 heavy (non-hydrogen) atoms. The van der Waals surface area contributed by atoms with Crippen molar-refractivity contribution in [3.8, 4) is 0 Å². The van der Waals surface area contributed by atoms with Gasteiger partial charge in [0.15, 0.2) is 0 Å². The van der Waals surface area contributed by atoms with Gasteiger partial charge in [0, 0.05) is 36.1 Å². The molecule has 0 saturated heterocycles. The van der Waals surface area contributed by atoms with Crippen LogP contribution in [0, 0.1) is 0 Å². The molecule has 2 nitrogen and oxygen atoms in total. The summed E-state index contributed by atoms with van der Waals surface area (Å²) >= 11 is 1.88. The molecular weight excluding hydrogens is 240 g/mol. The zero-order valence-electron chi connectivity index (χ0n) is 11.0. The predicted molar refractivity (Wildman–Crippen MR) is 80.3 cm³/mol. The van der Waals surface area contributed by atoms with Crippen LogP contribution in [0.1, 0.15) is 19.4 Å². The first-order valence-electron chi connectivity index (χ1n) is 6.43. The third kappa shape index (κ3) is 3.33. The van der Waals surface area contributed by atoms with E-state index in [0.29, 0.717) is 0 Å². The highest BCUT2D eigenvalue weighted by Crippen LogP contribution is 2.26. The molecule has 0 aliphatic heterocycles. The fourth-order valence-corrected chi connectivity index (χ4v) is 2.66. The van der Waals surface area contributed by atoms with E-state index in [1.807, 2.05) is 11.8 Å². The Morgan fingerprint density at radius 1 is 1.17 bits per heavy atom. The molecule has 0 fully saturated rings. The van der Waals surface area contributed by atoms with Crippen LogP contribution in [0.15, 0.2) is 47.6 Å². The van der Waals surface area contributed by atoms with Gasteiger partial charge < -0.3 is 9.88 Å². The SMILES string of the molecule is CCSc1ccccc1NCc1ccn(CC)c1. The second-order valence-corrected chi connectivity index (χ2v) is 5.44. The van der Waals surface area contributed by atoms with Gasteiger partial charge in [0.05, 0.1) is 0 Å². The number of aryl methyl sites for hydroxylation is 1. The summed E-state index contributed by atoms with van der Waals surface area (Å²) in [6.45, 7) is 6.25. The van der Waals surface area contributed by atoms with E-state index in [0.717, 1.165) is 18.8 Å². The molecule has 1 N–H and O–H groups in total.